The van der Waals surface area contributed by atoms with E-state index in [0.717, 1.165) is 0 Å². The molecule has 0 bridgehead atoms. The molecule has 5 heteroatoms. The Morgan fingerprint density at radius 1 is 1.14 bits per heavy atom. The van der Waals surface area contributed by atoms with Crippen molar-refractivity contribution >= 4 is 11.8 Å². The average Bonchev–Trinajstić information content (AvgIpc) is 2.50. The second kappa shape index (κ2) is 7.43. The van der Waals surface area contributed by atoms with Crippen molar-refractivity contribution < 1.29 is 13.5 Å². The monoisotopic (exact) mass is 309 g/mol. The molecule has 1 unspecified atom stereocenters. The quantitative estimate of drug-likeness (QED) is 0.814. The van der Waals surface area contributed by atoms with Gasteiger partial charge in [-0.25, -0.2) is 8.78 Å². The first-order valence-corrected chi connectivity index (χ1v) is 7.52. The molecule has 0 aromatic heterocycles. The van der Waals surface area contributed by atoms with Crippen molar-refractivity contribution in [1.82, 2.24) is 5.32 Å². The van der Waals surface area contributed by atoms with E-state index in [1.54, 1.807) is 37.4 Å². The maximum atomic E-state index is 14.1. The molecule has 1 N–H and O–H groups in total. The summed E-state index contributed by atoms with van der Waals surface area (Å²) < 4.78 is 32.7. The van der Waals surface area contributed by atoms with Crippen LogP contribution in [0.4, 0.5) is 8.78 Å². The summed E-state index contributed by atoms with van der Waals surface area (Å²) >= 11 is 1.36. The summed E-state index contributed by atoms with van der Waals surface area (Å²) in [4.78, 5) is 0.562. The van der Waals surface area contributed by atoms with Gasteiger partial charge >= 0.3 is 0 Å². The van der Waals surface area contributed by atoms with Gasteiger partial charge in [-0.3, -0.25) is 0 Å². The molecule has 112 valence electrons. The molecule has 0 aliphatic carbocycles. The van der Waals surface area contributed by atoms with Crippen molar-refractivity contribution in [3.8, 4) is 5.75 Å². The Morgan fingerprint density at radius 2 is 1.90 bits per heavy atom. The Balaban J connectivity index is 2.11. The Kier molecular flexibility index (Phi) is 5.59. The summed E-state index contributed by atoms with van der Waals surface area (Å²) in [5.74, 6) is 0.420. The highest BCUT2D eigenvalue weighted by Crippen LogP contribution is 2.29. The van der Waals surface area contributed by atoms with Crippen LogP contribution in [0, 0.1) is 11.6 Å². The van der Waals surface area contributed by atoms with Gasteiger partial charge in [0.2, 0.25) is 0 Å². The number of hydrogen-bond donors (Lipinski definition) is 1. The van der Waals surface area contributed by atoms with Gasteiger partial charge < -0.3 is 10.1 Å². The lowest BCUT2D eigenvalue weighted by Crippen LogP contribution is -2.20. The van der Waals surface area contributed by atoms with Crippen LogP contribution in [-0.4, -0.2) is 19.9 Å². The number of thioether (sulfide) groups is 1. The van der Waals surface area contributed by atoms with Crippen LogP contribution in [0.1, 0.15) is 11.6 Å². The van der Waals surface area contributed by atoms with Crippen molar-refractivity contribution in [3.05, 3.63) is 59.7 Å². The topological polar surface area (TPSA) is 21.3 Å². The van der Waals surface area contributed by atoms with Crippen LogP contribution in [-0.2, 0) is 0 Å². The Hall–Kier alpha value is -1.59. The Bertz CT molecular complexity index is 607. The largest absolute Gasteiger partial charge is 0.497 e. The highest BCUT2D eigenvalue weighted by molar-refractivity contribution is 7.99. The second-order valence-electron chi connectivity index (χ2n) is 4.47. The smallest absolute Gasteiger partial charge is 0.136 e. The van der Waals surface area contributed by atoms with E-state index in [1.165, 1.54) is 31.0 Å². The molecule has 0 radical (unpaired) electrons. The number of halogens is 2. The van der Waals surface area contributed by atoms with Crippen LogP contribution < -0.4 is 10.1 Å². The third kappa shape index (κ3) is 3.95. The number of ether oxygens (including phenoxy) is 1. The molecule has 1 atom stereocenters. The standard InChI is InChI=1S/C16H17F2NOS/c1-19-15(10-21-16-6-4-3-5-13(16)17)12-8-7-11(20-2)9-14(12)18/h3-9,15,19H,10H2,1-2H3. The number of rotatable bonds is 6. The molecular weight excluding hydrogens is 292 g/mol. The molecule has 0 heterocycles. The summed E-state index contributed by atoms with van der Waals surface area (Å²) in [5, 5.41) is 3.06. The maximum Gasteiger partial charge on any atom is 0.136 e. The Labute approximate surface area is 127 Å². The van der Waals surface area contributed by atoms with E-state index in [1.807, 2.05) is 0 Å². The van der Waals surface area contributed by atoms with Crippen LogP contribution in [0.2, 0.25) is 0 Å². The van der Waals surface area contributed by atoms with Gasteiger partial charge in [0.25, 0.3) is 0 Å². The average molecular weight is 309 g/mol. The highest BCUT2D eigenvalue weighted by Gasteiger charge is 2.16. The molecule has 0 aliphatic heterocycles. The van der Waals surface area contributed by atoms with E-state index >= 15 is 0 Å². The fourth-order valence-corrected chi connectivity index (χ4v) is 3.05. The van der Waals surface area contributed by atoms with Crippen molar-refractivity contribution in [2.75, 3.05) is 19.9 Å². The molecule has 21 heavy (non-hydrogen) atoms. The van der Waals surface area contributed by atoms with Crippen LogP contribution in [0.25, 0.3) is 0 Å². The summed E-state index contributed by atoms with van der Waals surface area (Å²) in [6, 6.07) is 11.1. The van der Waals surface area contributed by atoms with Crippen molar-refractivity contribution in [2.45, 2.75) is 10.9 Å². The normalized spacial score (nSPS) is 12.2. The van der Waals surface area contributed by atoms with Gasteiger partial charge in [-0.1, -0.05) is 18.2 Å². The fourth-order valence-electron chi connectivity index (χ4n) is 1.98. The van der Waals surface area contributed by atoms with Crippen LogP contribution in [0.15, 0.2) is 47.4 Å². The molecule has 2 nitrogen and oxygen atoms in total. The molecule has 0 aliphatic rings. The van der Waals surface area contributed by atoms with Crippen LogP contribution in [0.3, 0.4) is 0 Å². The molecule has 0 fully saturated rings. The zero-order valence-corrected chi connectivity index (χ0v) is 12.7. The van der Waals surface area contributed by atoms with Gasteiger partial charge in [0.05, 0.1) is 7.11 Å². The third-order valence-electron chi connectivity index (χ3n) is 3.17. The summed E-state index contributed by atoms with van der Waals surface area (Å²) in [6.45, 7) is 0. The van der Waals surface area contributed by atoms with E-state index in [2.05, 4.69) is 5.32 Å². The number of nitrogens with one attached hydrogen (secondary N) is 1. The van der Waals surface area contributed by atoms with Gasteiger partial charge in [0.15, 0.2) is 0 Å². The molecule has 2 aromatic carbocycles. The van der Waals surface area contributed by atoms with Crippen LogP contribution in [0.5, 0.6) is 5.75 Å². The molecule has 0 amide bonds. The molecule has 0 spiro atoms. The van der Waals surface area contributed by atoms with Gasteiger partial charge in [-0.05, 0) is 25.2 Å². The molecule has 0 saturated heterocycles. The van der Waals surface area contributed by atoms with E-state index in [0.29, 0.717) is 22.0 Å². The lowest BCUT2D eigenvalue weighted by molar-refractivity contribution is 0.410. The third-order valence-corrected chi connectivity index (χ3v) is 4.32. The van der Waals surface area contributed by atoms with Crippen LogP contribution >= 0.6 is 11.8 Å². The molecule has 0 saturated carbocycles. The second-order valence-corrected chi connectivity index (χ2v) is 5.53. The van der Waals surface area contributed by atoms with E-state index < -0.39 is 0 Å². The first-order chi connectivity index (χ1) is 10.2. The summed E-state index contributed by atoms with van der Waals surface area (Å²) in [5.41, 5.74) is 0.544. The van der Waals surface area contributed by atoms with Gasteiger partial charge in [-0.2, -0.15) is 0 Å². The number of hydrogen-bond acceptors (Lipinski definition) is 3. The van der Waals surface area contributed by atoms with E-state index in [9.17, 15) is 8.78 Å². The minimum absolute atomic E-state index is 0.208. The fraction of sp³-hybridized carbons (Fsp3) is 0.250. The first-order valence-electron chi connectivity index (χ1n) is 6.53. The van der Waals surface area contributed by atoms with Crippen molar-refractivity contribution in [2.24, 2.45) is 0 Å². The van der Waals surface area contributed by atoms with Crippen molar-refractivity contribution in [3.63, 3.8) is 0 Å². The van der Waals surface area contributed by atoms with Gasteiger partial charge in [0.1, 0.15) is 17.4 Å². The maximum absolute atomic E-state index is 14.1. The summed E-state index contributed by atoms with van der Waals surface area (Å²) in [7, 11) is 3.26. The minimum atomic E-state index is -0.331. The van der Waals surface area contributed by atoms with Gasteiger partial charge in [0, 0.05) is 28.3 Å². The van der Waals surface area contributed by atoms with Crippen molar-refractivity contribution in [1.29, 1.82) is 0 Å². The van der Waals surface area contributed by atoms with Gasteiger partial charge in [-0.15, -0.1) is 11.8 Å². The zero-order valence-electron chi connectivity index (χ0n) is 11.9. The SMILES string of the molecule is CNC(CSc1ccccc1F)c1ccc(OC)cc1F. The predicted molar refractivity (Wildman–Crippen MR) is 81.9 cm³/mol. The predicted octanol–water partition coefficient (Wildman–Crippen LogP) is 4.03. The lowest BCUT2D eigenvalue weighted by atomic mass is 10.1. The molecule has 2 aromatic rings. The highest BCUT2D eigenvalue weighted by atomic mass is 32.2. The number of benzene rings is 2. The minimum Gasteiger partial charge on any atom is -0.497 e. The molecular formula is C16H17F2NOS. The zero-order chi connectivity index (χ0) is 15.2. The lowest BCUT2D eigenvalue weighted by Gasteiger charge is -2.17. The Morgan fingerprint density at radius 3 is 2.52 bits per heavy atom. The first kappa shape index (κ1) is 15.8. The molecule has 2 rings (SSSR count). The van der Waals surface area contributed by atoms with E-state index in [-0.39, 0.29) is 17.7 Å². The number of methoxy groups -OCH3 is 1. The van der Waals surface area contributed by atoms with E-state index in [4.69, 9.17) is 4.74 Å². The summed E-state index contributed by atoms with van der Waals surface area (Å²) in [6.07, 6.45) is 0.